The number of furan rings is 1. The highest BCUT2D eigenvalue weighted by Crippen LogP contribution is 2.36. The predicted octanol–water partition coefficient (Wildman–Crippen LogP) is 4.69. The topological polar surface area (TPSA) is 86.0 Å². The summed E-state index contributed by atoms with van der Waals surface area (Å²) in [6.07, 6.45) is 4.04. The van der Waals surface area contributed by atoms with Crippen LogP contribution in [0.25, 0.3) is 0 Å². The van der Waals surface area contributed by atoms with Crippen molar-refractivity contribution >= 4 is 17.7 Å². The lowest BCUT2D eigenvalue weighted by molar-refractivity contribution is 0.364. The van der Waals surface area contributed by atoms with Gasteiger partial charge in [0.2, 0.25) is 11.8 Å². The summed E-state index contributed by atoms with van der Waals surface area (Å²) in [4.78, 5) is 6.93. The molecule has 4 heterocycles. The molecule has 1 aliphatic rings. The Bertz CT molecular complexity index is 951. The van der Waals surface area contributed by atoms with Gasteiger partial charge in [-0.05, 0) is 37.8 Å². The zero-order valence-corrected chi connectivity index (χ0v) is 19.1. The summed E-state index contributed by atoms with van der Waals surface area (Å²) < 4.78 is 13.3. The quantitative estimate of drug-likeness (QED) is 0.521. The van der Waals surface area contributed by atoms with Crippen molar-refractivity contribution in [2.75, 3.05) is 18.0 Å². The van der Waals surface area contributed by atoms with E-state index in [0.717, 1.165) is 35.9 Å². The number of nitrogens with zero attached hydrogens (tertiary/aromatic N) is 6. The minimum atomic E-state index is -0.149. The van der Waals surface area contributed by atoms with Crippen molar-refractivity contribution < 1.29 is 8.94 Å². The van der Waals surface area contributed by atoms with Gasteiger partial charge in [0, 0.05) is 18.5 Å². The van der Waals surface area contributed by atoms with Crippen LogP contribution < -0.4 is 4.90 Å². The van der Waals surface area contributed by atoms with Crippen molar-refractivity contribution in [3.05, 3.63) is 35.9 Å². The summed E-state index contributed by atoms with van der Waals surface area (Å²) in [6.45, 7) is 13.2. The lowest BCUT2D eigenvalue weighted by atomic mass is 9.96. The molecule has 162 valence electrons. The first kappa shape index (κ1) is 21.0. The predicted molar refractivity (Wildman–Crippen MR) is 116 cm³/mol. The minimum Gasteiger partial charge on any atom is -0.467 e. The van der Waals surface area contributed by atoms with Crippen LogP contribution in [0.5, 0.6) is 0 Å². The van der Waals surface area contributed by atoms with E-state index < -0.39 is 0 Å². The van der Waals surface area contributed by atoms with Crippen LogP contribution in [0, 0.1) is 5.92 Å². The maximum Gasteiger partial charge on any atom is 0.239 e. The Morgan fingerprint density at radius 3 is 2.63 bits per heavy atom. The monoisotopic (exact) mass is 430 g/mol. The summed E-state index contributed by atoms with van der Waals surface area (Å²) in [5.74, 6) is 3.85. The van der Waals surface area contributed by atoms with E-state index in [1.165, 1.54) is 12.8 Å². The van der Waals surface area contributed by atoms with Crippen molar-refractivity contribution in [1.82, 2.24) is 24.9 Å². The number of hydrogen-bond donors (Lipinski definition) is 0. The normalized spacial score (nSPS) is 16.9. The maximum absolute atomic E-state index is 5.61. The average molecular weight is 431 g/mol. The molecule has 1 unspecified atom stereocenters. The smallest absolute Gasteiger partial charge is 0.239 e. The molecule has 0 bridgehead atoms. The van der Waals surface area contributed by atoms with Crippen LogP contribution in [-0.4, -0.2) is 38.0 Å². The highest BCUT2D eigenvalue weighted by atomic mass is 32.2. The van der Waals surface area contributed by atoms with E-state index in [0.29, 0.717) is 18.3 Å². The molecular formula is C21H30N6O2S. The fourth-order valence-corrected chi connectivity index (χ4v) is 4.30. The van der Waals surface area contributed by atoms with Crippen LogP contribution in [-0.2, 0) is 12.0 Å². The molecule has 4 rings (SSSR count). The van der Waals surface area contributed by atoms with Crippen molar-refractivity contribution in [1.29, 1.82) is 0 Å². The molecule has 1 aliphatic heterocycles. The summed E-state index contributed by atoms with van der Waals surface area (Å²) in [7, 11) is 0. The summed E-state index contributed by atoms with van der Waals surface area (Å²) >= 11 is 1.58. The second-order valence-corrected chi connectivity index (χ2v) is 10.4. The van der Waals surface area contributed by atoms with Crippen LogP contribution in [0.4, 0.5) is 5.95 Å². The Kier molecular flexibility index (Phi) is 5.90. The highest BCUT2D eigenvalue weighted by Gasteiger charge is 2.27. The number of anilines is 1. The van der Waals surface area contributed by atoms with E-state index in [4.69, 9.17) is 8.94 Å². The third-order valence-corrected chi connectivity index (χ3v) is 6.47. The molecule has 0 N–H and O–H groups in total. The molecule has 30 heavy (non-hydrogen) atoms. The molecule has 0 saturated carbocycles. The van der Waals surface area contributed by atoms with E-state index in [-0.39, 0.29) is 10.7 Å². The Morgan fingerprint density at radius 1 is 1.23 bits per heavy atom. The third kappa shape index (κ3) is 4.55. The highest BCUT2D eigenvalue weighted by molar-refractivity contribution is 7.99. The third-order valence-electron chi connectivity index (χ3n) is 5.40. The molecule has 8 nitrogen and oxygen atoms in total. The van der Waals surface area contributed by atoms with Gasteiger partial charge in [-0.1, -0.05) is 44.6 Å². The maximum atomic E-state index is 5.61. The number of rotatable bonds is 6. The van der Waals surface area contributed by atoms with Crippen LogP contribution in [0.1, 0.15) is 70.2 Å². The fraction of sp³-hybridized carbons (Fsp3) is 0.619. The number of hydrogen-bond acceptors (Lipinski definition) is 8. The van der Waals surface area contributed by atoms with Gasteiger partial charge in [0.05, 0.1) is 18.1 Å². The van der Waals surface area contributed by atoms with Crippen LogP contribution in [0.2, 0.25) is 0 Å². The zero-order valence-electron chi connectivity index (χ0n) is 18.3. The van der Waals surface area contributed by atoms with Gasteiger partial charge in [0.1, 0.15) is 5.76 Å². The Labute approximate surface area is 181 Å². The van der Waals surface area contributed by atoms with Crippen LogP contribution in [0.3, 0.4) is 0 Å². The zero-order chi connectivity index (χ0) is 21.3. The van der Waals surface area contributed by atoms with Crippen molar-refractivity contribution in [2.45, 2.75) is 69.8 Å². The average Bonchev–Trinajstić information content (AvgIpc) is 3.44. The van der Waals surface area contributed by atoms with Gasteiger partial charge in [0.25, 0.3) is 0 Å². The van der Waals surface area contributed by atoms with Gasteiger partial charge in [-0.25, -0.2) is 0 Å². The second kappa shape index (κ2) is 8.45. The first-order chi connectivity index (χ1) is 14.3. The SMILES string of the molecule is CC1CCN(c2nnc(SC(C)c3nc(C(C)(C)C)no3)n2Cc2ccco2)CC1. The molecule has 1 saturated heterocycles. The van der Waals surface area contributed by atoms with Crippen molar-refractivity contribution in [2.24, 2.45) is 5.92 Å². The molecule has 0 aliphatic carbocycles. The molecule has 0 aromatic carbocycles. The van der Waals surface area contributed by atoms with Gasteiger partial charge in [0.15, 0.2) is 11.0 Å². The van der Waals surface area contributed by atoms with Gasteiger partial charge >= 0.3 is 0 Å². The standard InChI is InChI=1S/C21H30N6O2S/c1-14-8-10-26(11-9-14)19-23-24-20(27(19)13-16-7-6-12-28-16)30-15(2)17-22-18(25-29-17)21(3,4)5/h6-7,12,14-15H,8-11,13H2,1-5H3. The first-order valence-corrected chi connectivity index (χ1v) is 11.4. The summed E-state index contributed by atoms with van der Waals surface area (Å²) in [6, 6.07) is 3.89. The molecule has 1 fully saturated rings. The van der Waals surface area contributed by atoms with E-state index in [2.05, 4.69) is 64.4 Å². The van der Waals surface area contributed by atoms with Crippen LogP contribution in [0.15, 0.2) is 32.5 Å². The largest absolute Gasteiger partial charge is 0.467 e. The molecule has 0 amide bonds. The molecule has 1 atom stereocenters. The van der Waals surface area contributed by atoms with E-state index in [1.54, 1.807) is 18.0 Å². The first-order valence-electron chi connectivity index (χ1n) is 10.5. The molecule has 3 aromatic rings. The van der Waals surface area contributed by atoms with Gasteiger partial charge in [-0.15, -0.1) is 10.2 Å². The summed E-state index contributed by atoms with van der Waals surface area (Å²) in [5.41, 5.74) is -0.149. The number of piperidine rings is 1. The molecule has 0 radical (unpaired) electrons. The minimum absolute atomic E-state index is 0.0395. The van der Waals surface area contributed by atoms with E-state index >= 15 is 0 Å². The number of aromatic nitrogens is 5. The van der Waals surface area contributed by atoms with E-state index in [1.807, 2.05) is 12.1 Å². The van der Waals surface area contributed by atoms with Crippen LogP contribution >= 0.6 is 11.8 Å². The Morgan fingerprint density at radius 2 is 2.00 bits per heavy atom. The molecule has 3 aromatic heterocycles. The lowest BCUT2D eigenvalue weighted by Crippen LogP contribution is -2.35. The van der Waals surface area contributed by atoms with Crippen molar-refractivity contribution in [3.8, 4) is 0 Å². The van der Waals surface area contributed by atoms with E-state index in [9.17, 15) is 0 Å². The number of thioether (sulfide) groups is 1. The Hall–Kier alpha value is -2.29. The van der Waals surface area contributed by atoms with Gasteiger partial charge in [-0.2, -0.15) is 4.98 Å². The van der Waals surface area contributed by atoms with Gasteiger partial charge in [-0.3, -0.25) is 4.57 Å². The van der Waals surface area contributed by atoms with Crippen molar-refractivity contribution in [3.63, 3.8) is 0 Å². The fourth-order valence-electron chi connectivity index (χ4n) is 3.42. The molecule has 9 heteroatoms. The Balaban J connectivity index is 1.58. The molecule has 0 spiro atoms. The lowest BCUT2D eigenvalue weighted by Gasteiger charge is -2.31. The second-order valence-electron chi connectivity index (χ2n) is 9.08. The molecular weight excluding hydrogens is 400 g/mol. The van der Waals surface area contributed by atoms with Gasteiger partial charge < -0.3 is 13.8 Å². The summed E-state index contributed by atoms with van der Waals surface area (Å²) in [5, 5.41) is 14.0.